The zero-order valence-electron chi connectivity index (χ0n) is 13.1. The Bertz CT molecular complexity index is 954. The van der Waals surface area contributed by atoms with E-state index in [0.29, 0.717) is 0 Å². The molecule has 0 fully saturated rings. The largest absolute Gasteiger partial charge is 0.399 e. The summed E-state index contributed by atoms with van der Waals surface area (Å²) in [5, 5.41) is 7.63. The molecule has 0 aliphatic heterocycles. The summed E-state index contributed by atoms with van der Waals surface area (Å²) in [6.45, 7) is 0. The smallest absolute Gasteiger partial charge is 0.0927 e. The van der Waals surface area contributed by atoms with Crippen LogP contribution in [-0.4, -0.2) is 10.2 Å². The number of benzene rings is 3. The first-order chi connectivity index (χ1) is 11.8. The molecule has 0 atom stereocenters. The van der Waals surface area contributed by atoms with Gasteiger partial charge in [0.1, 0.15) is 0 Å². The van der Waals surface area contributed by atoms with Gasteiger partial charge in [0, 0.05) is 16.8 Å². The van der Waals surface area contributed by atoms with Crippen molar-refractivity contribution in [3.63, 3.8) is 0 Å². The number of nitrogen functional groups attached to an aromatic ring is 1. The van der Waals surface area contributed by atoms with Gasteiger partial charge >= 0.3 is 0 Å². The summed E-state index contributed by atoms with van der Waals surface area (Å²) in [5.41, 5.74) is 13.0. The van der Waals surface area contributed by atoms with Crippen LogP contribution >= 0.6 is 0 Å². The number of H-pyrrole nitrogens is 1. The monoisotopic (exact) mass is 311 g/mol. The minimum absolute atomic E-state index is 0.754. The fourth-order valence-corrected chi connectivity index (χ4v) is 2.85. The van der Waals surface area contributed by atoms with Crippen molar-refractivity contribution in [2.45, 2.75) is 0 Å². The number of nitrogens with one attached hydrogen (secondary N) is 1. The molecule has 3 nitrogen and oxygen atoms in total. The second-order valence-electron chi connectivity index (χ2n) is 5.70. The van der Waals surface area contributed by atoms with Crippen molar-refractivity contribution in [1.29, 1.82) is 0 Å². The highest BCUT2D eigenvalue weighted by atomic mass is 15.1. The van der Waals surface area contributed by atoms with E-state index < -0.39 is 0 Å². The third-order valence-corrected chi connectivity index (χ3v) is 4.09. The van der Waals surface area contributed by atoms with Crippen molar-refractivity contribution in [3.8, 4) is 33.6 Å². The summed E-state index contributed by atoms with van der Waals surface area (Å²) in [4.78, 5) is 0. The van der Waals surface area contributed by atoms with Gasteiger partial charge in [-0.05, 0) is 29.3 Å². The summed E-state index contributed by atoms with van der Waals surface area (Å²) in [6.07, 6.45) is 0. The number of hydrogen-bond acceptors (Lipinski definition) is 2. The molecule has 4 rings (SSSR count). The number of rotatable bonds is 3. The van der Waals surface area contributed by atoms with Gasteiger partial charge in [-0.25, -0.2) is 0 Å². The third kappa shape index (κ3) is 2.68. The van der Waals surface area contributed by atoms with Crippen LogP contribution in [0.3, 0.4) is 0 Å². The lowest BCUT2D eigenvalue weighted by Gasteiger charge is -2.07. The fourth-order valence-electron chi connectivity index (χ4n) is 2.85. The molecule has 0 aliphatic carbocycles. The van der Waals surface area contributed by atoms with Gasteiger partial charge in [0.2, 0.25) is 0 Å². The molecule has 0 spiro atoms. The zero-order valence-corrected chi connectivity index (χ0v) is 13.1. The number of hydrogen-bond donors (Lipinski definition) is 2. The molecular formula is C21H17N3. The number of nitrogens with two attached hydrogens (primary N) is 1. The van der Waals surface area contributed by atoms with Crippen LogP contribution in [0.5, 0.6) is 0 Å². The minimum atomic E-state index is 0.754. The van der Waals surface area contributed by atoms with Crippen LogP contribution < -0.4 is 5.73 Å². The third-order valence-electron chi connectivity index (χ3n) is 4.09. The van der Waals surface area contributed by atoms with E-state index >= 15 is 0 Å². The summed E-state index contributed by atoms with van der Waals surface area (Å²) in [5.74, 6) is 0. The van der Waals surface area contributed by atoms with E-state index in [-0.39, 0.29) is 0 Å². The maximum atomic E-state index is 5.76. The Kier molecular flexibility index (Phi) is 3.60. The minimum Gasteiger partial charge on any atom is -0.399 e. The number of nitrogens with zero attached hydrogens (tertiary/aromatic N) is 1. The van der Waals surface area contributed by atoms with Gasteiger partial charge < -0.3 is 5.73 Å². The summed E-state index contributed by atoms with van der Waals surface area (Å²) in [7, 11) is 0. The maximum Gasteiger partial charge on any atom is 0.0927 e. The molecule has 0 amide bonds. The highest BCUT2D eigenvalue weighted by Gasteiger charge is 2.10. The molecule has 1 heterocycles. The average molecular weight is 311 g/mol. The van der Waals surface area contributed by atoms with Crippen LogP contribution in [0, 0.1) is 0 Å². The van der Waals surface area contributed by atoms with Gasteiger partial charge in [-0.2, -0.15) is 5.10 Å². The lowest BCUT2D eigenvalue weighted by molar-refractivity contribution is 1.10. The molecular weight excluding hydrogens is 294 g/mol. The van der Waals surface area contributed by atoms with Crippen LogP contribution in [0.25, 0.3) is 33.6 Å². The average Bonchev–Trinajstić information content (AvgIpc) is 3.13. The maximum absolute atomic E-state index is 5.76. The molecule has 0 bridgehead atoms. The Labute approximate surface area is 140 Å². The molecule has 4 aromatic rings. The first-order valence-electron chi connectivity index (χ1n) is 7.87. The Morgan fingerprint density at radius 1 is 0.667 bits per heavy atom. The lowest BCUT2D eigenvalue weighted by Crippen LogP contribution is -1.84. The number of aromatic nitrogens is 2. The predicted octanol–water partition coefficient (Wildman–Crippen LogP) is 4.99. The van der Waals surface area contributed by atoms with Gasteiger partial charge in [-0.3, -0.25) is 5.10 Å². The van der Waals surface area contributed by atoms with Gasteiger partial charge in [0.25, 0.3) is 0 Å². The van der Waals surface area contributed by atoms with Gasteiger partial charge in [0.05, 0.1) is 11.4 Å². The highest BCUT2D eigenvalue weighted by molar-refractivity contribution is 5.83. The highest BCUT2D eigenvalue weighted by Crippen LogP contribution is 2.32. The molecule has 0 saturated carbocycles. The predicted molar refractivity (Wildman–Crippen MR) is 99.3 cm³/mol. The van der Waals surface area contributed by atoms with Crippen LogP contribution in [0.15, 0.2) is 84.9 Å². The second-order valence-corrected chi connectivity index (χ2v) is 5.70. The van der Waals surface area contributed by atoms with Gasteiger partial charge in [-0.15, -0.1) is 0 Å². The van der Waals surface area contributed by atoms with Crippen molar-refractivity contribution in [2.24, 2.45) is 0 Å². The molecule has 0 unspecified atom stereocenters. The van der Waals surface area contributed by atoms with E-state index in [1.807, 2.05) is 36.4 Å². The van der Waals surface area contributed by atoms with Crippen LogP contribution in [0.1, 0.15) is 0 Å². The van der Waals surface area contributed by atoms with Crippen molar-refractivity contribution in [3.05, 3.63) is 84.9 Å². The number of aromatic amines is 1. The molecule has 3 heteroatoms. The van der Waals surface area contributed by atoms with Crippen molar-refractivity contribution in [1.82, 2.24) is 10.2 Å². The van der Waals surface area contributed by atoms with E-state index in [4.69, 9.17) is 5.73 Å². The Morgan fingerprint density at radius 2 is 1.33 bits per heavy atom. The molecule has 24 heavy (non-hydrogen) atoms. The molecule has 0 saturated heterocycles. The first kappa shape index (κ1) is 14.3. The Balaban J connectivity index is 1.77. The van der Waals surface area contributed by atoms with Crippen molar-refractivity contribution >= 4 is 5.69 Å². The molecule has 3 N–H and O–H groups in total. The first-order valence-corrected chi connectivity index (χ1v) is 7.87. The van der Waals surface area contributed by atoms with Crippen LogP contribution in [-0.2, 0) is 0 Å². The van der Waals surface area contributed by atoms with Gasteiger partial charge in [0.15, 0.2) is 0 Å². The van der Waals surface area contributed by atoms with Crippen molar-refractivity contribution in [2.75, 3.05) is 5.73 Å². The summed E-state index contributed by atoms with van der Waals surface area (Å²) < 4.78 is 0. The molecule has 0 aliphatic rings. The topological polar surface area (TPSA) is 54.7 Å². The molecule has 0 radical (unpaired) electrons. The van der Waals surface area contributed by atoms with E-state index in [1.165, 1.54) is 11.1 Å². The van der Waals surface area contributed by atoms with Crippen molar-refractivity contribution < 1.29 is 0 Å². The summed E-state index contributed by atoms with van der Waals surface area (Å²) >= 11 is 0. The lowest BCUT2D eigenvalue weighted by atomic mass is 9.97. The second kappa shape index (κ2) is 6.05. The van der Waals surface area contributed by atoms with E-state index in [2.05, 4.69) is 58.7 Å². The zero-order chi connectivity index (χ0) is 16.4. The van der Waals surface area contributed by atoms with Crippen LogP contribution in [0.2, 0.25) is 0 Å². The van der Waals surface area contributed by atoms with E-state index in [1.54, 1.807) is 0 Å². The molecule has 1 aromatic heterocycles. The van der Waals surface area contributed by atoms with Gasteiger partial charge in [-0.1, -0.05) is 66.7 Å². The molecule has 3 aromatic carbocycles. The van der Waals surface area contributed by atoms with Crippen LogP contribution in [0.4, 0.5) is 5.69 Å². The van der Waals surface area contributed by atoms with E-state index in [0.717, 1.165) is 28.2 Å². The summed E-state index contributed by atoms with van der Waals surface area (Å²) in [6, 6.07) is 28.6. The SMILES string of the molecule is Nc1ccc(-c2cc(-c3ccccc3-c3ccccc3)[nH]n2)cc1. The normalized spacial score (nSPS) is 10.7. The quantitative estimate of drug-likeness (QED) is 0.523. The standard InChI is InChI=1S/C21H17N3/c22-17-12-10-16(11-13-17)20-14-21(24-23-20)19-9-5-4-8-18(19)15-6-2-1-3-7-15/h1-14H,22H2,(H,23,24). The molecule has 116 valence electrons. The Morgan fingerprint density at radius 3 is 2.08 bits per heavy atom. The number of anilines is 1. The Hall–Kier alpha value is -3.33. The fraction of sp³-hybridized carbons (Fsp3) is 0. The van der Waals surface area contributed by atoms with E-state index in [9.17, 15) is 0 Å².